The van der Waals surface area contributed by atoms with Gasteiger partial charge in [0.25, 0.3) is 0 Å². The van der Waals surface area contributed by atoms with Gasteiger partial charge in [0, 0.05) is 60.2 Å². The molecule has 65 heavy (non-hydrogen) atoms. The number of hydrogen-bond acceptors (Lipinski definition) is 19. The minimum Gasteiger partial charge on any atom is -0.459 e. The van der Waals surface area contributed by atoms with Gasteiger partial charge in [0.15, 0.2) is 36.7 Å². The molecule has 0 aliphatic carbocycles. The molecule has 0 saturated carbocycles. The molecule has 0 aromatic heterocycles. The fourth-order valence-electron chi connectivity index (χ4n) is 10.7. The van der Waals surface area contributed by atoms with Gasteiger partial charge in [0.05, 0.1) is 47.9 Å². The van der Waals surface area contributed by atoms with Crippen LogP contribution < -0.4 is 0 Å². The van der Waals surface area contributed by atoms with Crippen LogP contribution in [0.15, 0.2) is 0 Å². The zero-order valence-electron chi connectivity index (χ0n) is 41.7. The van der Waals surface area contributed by atoms with E-state index in [1.54, 1.807) is 48.5 Å². The van der Waals surface area contributed by atoms with Crippen LogP contribution in [-0.4, -0.2) is 164 Å². The van der Waals surface area contributed by atoms with Crippen molar-refractivity contribution < 1.29 is 85.9 Å². The second-order valence-corrected chi connectivity index (χ2v) is 19.6. The Bertz CT molecular complexity index is 1700. The summed E-state index contributed by atoms with van der Waals surface area (Å²) in [5.41, 5.74) is -4.27. The third-order valence-electron chi connectivity index (χ3n) is 14.1. The van der Waals surface area contributed by atoms with Crippen molar-refractivity contribution in [3.05, 3.63) is 0 Å². The molecule has 4 rings (SSSR count). The van der Waals surface area contributed by atoms with Crippen LogP contribution in [0.1, 0.15) is 116 Å². The highest BCUT2D eigenvalue weighted by molar-refractivity contribution is 5.73. The molecule has 4 aliphatic heterocycles. The molecule has 0 radical (unpaired) electrons. The van der Waals surface area contributed by atoms with E-state index in [0.717, 1.165) is 0 Å². The summed E-state index contributed by atoms with van der Waals surface area (Å²) in [5.74, 6) is -9.12. The van der Waals surface area contributed by atoms with E-state index in [0.29, 0.717) is 6.42 Å². The number of nitrogens with zero attached hydrogens (tertiary/aromatic N) is 1. The Kier molecular flexibility index (Phi) is 17.7. The van der Waals surface area contributed by atoms with Gasteiger partial charge in [-0.25, -0.2) is 0 Å². The summed E-state index contributed by atoms with van der Waals surface area (Å²) in [6.45, 7) is 22.1. The zero-order chi connectivity index (χ0) is 49.3. The molecule has 4 saturated heterocycles. The van der Waals surface area contributed by atoms with Crippen LogP contribution in [0.2, 0.25) is 0 Å². The van der Waals surface area contributed by atoms with E-state index in [1.807, 2.05) is 32.8 Å². The first-order chi connectivity index (χ1) is 30.0. The number of methoxy groups -OCH3 is 2. The fourth-order valence-corrected chi connectivity index (χ4v) is 10.7. The van der Waals surface area contributed by atoms with E-state index in [9.17, 15) is 29.1 Å². The van der Waals surface area contributed by atoms with Crippen molar-refractivity contribution in [3.63, 3.8) is 0 Å². The molecule has 19 heteroatoms. The van der Waals surface area contributed by atoms with Crippen molar-refractivity contribution in [2.24, 2.45) is 23.7 Å². The monoisotopic (exact) mass is 932 g/mol. The Morgan fingerprint density at radius 3 is 1.72 bits per heavy atom. The lowest BCUT2D eigenvalue weighted by Crippen LogP contribution is -2.62. The molecule has 20 atom stereocenters. The van der Waals surface area contributed by atoms with Gasteiger partial charge in [0.1, 0.15) is 23.4 Å². The van der Waals surface area contributed by atoms with Crippen molar-refractivity contribution in [2.45, 2.75) is 212 Å². The average molecular weight is 932 g/mol. The molecule has 0 spiro atoms. The first-order valence-corrected chi connectivity index (χ1v) is 22.7. The molecule has 0 amide bonds. The SMILES string of the molecule is CO[C@]1(C)C[C@@H](C)C2(O)O[C@@](C)([C@H](OC(C)=O)[C@H]2C)[C@H](OC(C)=O)[C@@H](C)OC(=O)[C@H](C)[C@@H](O[C@H]2C[C@@](C)(OC)[C@@H](OC(C)=O)[C@H](C)O2)[C@H](C)[C@H]1O[C@@H]1O[C@H](C)C[C@H](N(C)C)[C@H]1OC(C)=O. The smallest absolute Gasteiger partial charge is 0.311 e. The first kappa shape index (κ1) is 54.6. The van der Waals surface area contributed by atoms with E-state index in [4.69, 9.17) is 56.8 Å². The lowest BCUT2D eigenvalue weighted by molar-refractivity contribution is -0.326. The second kappa shape index (κ2) is 21.1. The molecule has 0 aromatic carbocycles. The predicted octanol–water partition coefficient (Wildman–Crippen LogP) is 3.85. The molecule has 1 unspecified atom stereocenters. The van der Waals surface area contributed by atoms with Gasteiger partial charge in [-0.1, -0.05) is 20.8 Å². The van der Waals surface area contributed by atoms with E-state index in [1.165, 1.54) is 48.8 Å². The third kappa shape index (κ3) is 11.6. The first-order valence-electron chi connectivity index (χ1n) is 22.7. The van der Waals surface area contributed by atoms with Gasteiger partial charge in [-0.3, -0.25) is 24.0 Å². The normalized spacial score (nSPS) is 45.2. The highest BCUT2D eigenvalue weighted by atomic mass is 16.7. The number of carbonyl (C=O) groups excluding carboxylic acids is 5. The average Bonchev–Trinajstić information content (AvgIpc) is 3.39. The molecule has 2 bridgehead atoms. The maximum Gasteiger partial charge on any atom is 0.311 e. The van der Waals surface area contributed by atoms with Gasteiger partial charge in [-0.15, -0.1) is 0 Å². The maximum atomic E-state index is 14.8. The molecule has 4 heterocycles. The Hall–Kier alpha value is -3.01. The fraction of sp³-hybridized carbons (Fsp3) is 0.891. The topological polar surface area (TPSA) is 220 Å². The molecule has 4 fully saturated rings. The van der Waals surface area contributed by atoms with Crippen LogP contribution in [-0.2, 0) is 80.8 Å². The number of aliphatic hydroxyl groups is 1. The van der Waals surface area contributed by atoms with E-state index >= 15 is 0 Å². The lowest BCUT2D eigenvalue weighted by atomic mass is 9.74. The highest BCUT2D eigenvalue weighted by Gasteiger charge is 2.68. The van der Waals surface area contributed by atoms with Gasteiger partial charge in [-0.05, 0) is 75.4 Å². The maximum absolute atomic E-state index is 14.8. The molecular weight excluding hydrogens is 854 g/mol. The van der Waals surface area contributed by atoms with Gasteiger partial charge >= 0.3 is 29.8 Å². The summed E-state index contributed by atoms with van der Waals surface area (Å²) >= 11 is 0. The molecule has 4 aliphatic rings. The number of hydrogen-bond donors (Lipinski definition) is 1. The summed E-state index contributed by atoms with van der Waals surface area (Å²) in [6.07, 6.45) is -10.5. The van der Waals surface area contributed by atoms with E-state index < -0.39 is 138 Å². The number of cyclic esters (lactones) is 1. The second-order valence-electron chi connectivity index (χ2n) is 19.6. The Morgan fingerprint density at radius 2 is 1.20 bits per heavy atom. The molecule has 374 valence electrons. The van der Waals surface area contributed by atoms with Gasteiger partial charge < -0.3 is 66.8 Å². The number of carbonyl (C=O) groups is 5. The zero-order valence-corrected chi connectivity index (χ0v) is 41.7. The molecule has 0 aromatic rings. The van der Waals surface area contributed by atoms with Gasteiger partial charge in [0.2, 0.25) is 0 Å². The predicted molar refractivity (Wildman–Crippen MR) is 229 cm³/mol. The van der Waals surface area contributed by atoms with E-state index in [2.05, 4.69) is 0 Å². The van der Waals surface area contributed by atoms with Crippen LogP contribution >= 0.6 is 0 Å². The lowest BCUT2D eigenvalue weighted by Gasteiger charge is -2.51. The summed E-state index contributed by atoms with van der Waals surface area (Å²) < 4.78 is 75.6. The van der Waals surface area contributed by atoms with Crippen LogP contribution in [0.5, 0.6) is 0 Å². The summed E-state index contributed by atoms with van der Waals surface area (Å²) in [6, 6.07) is -0.333. The number of esters is 5. The van der Waals surface area contributed by atoms with Crippen molar-refractivity contribution in [1.82, 2.24) is 4.90 Å². The largest absolute Gasteiger partial charge is 0.459 e. The van der Waals surface area contributed by atoms with Crippen molar-refractivity contribution >= 4 is 29.8 Å². The number of likely N-dealkylation sites (N-methyl/N-ethyl adjacent to an activating group) is 1. The third-order valence-corrected chi connectivity index (χ3v) is 14.1. The molecule has 1 N–H and O–H groups in total. The number of rotatable bonds is 11. The van der Waals surface area contributed by atoms with E-state index in [-0.39, 0.29) is 25.0 Å². The van der Waals surface area contributed by atoms with Crippen LogP contribution in [0.3, 0.4) is 0 Å². The van der Waals surface area contributed by atoms with Crippen LogP contribution in [0, 0.1) is 23.7 Å². The Balaban J connectivity index is 1.98. The number of ether oxygens (including phenoxy) is 12. The highest BCUT2D eigenvalue weighted by Crippen LogP contribution is 2.52. The summed E-state index contributed by atoms with van der Waals surface area (Å²) in [5, 5.41) is 12.8. The Morgan fingerprint density at radius 1 is 0.677 bits per heavy atom. The van der Waals surface area contributed by atoms with Crippen molar-refractivity contribution in [2.75, 3.05) is 28.3 Å². The summed E-state index contributed by atoms with van der Waals surface area (Å²) in [7, 11) is 6.73. The summed E-state index contributed by atoms with van der Waals surface area (Å²) in [4.78, 5) is 67.1. The quantitative estimate of drug-likeness (QED) is 0.230. The van der Waals surface area contributed by atoms with Crippen molar-refractivity contribution in [1.29, 1.82) is 0 Å². The Labute approximate surface area is 384 Å². The molecule has 19 nitrogen and oxygen atoms in total. The van der Waals surface area contributed by atoms with Crippen molar-refractivity contribution in [3.8, 4) is 0 Å². The molecular formula is C46H77NO18. The van der Waals surface area contributed by atoms with Crippen LogP contribution in [0.25, 0.3) is 0 Å². The minimum absolute atomic E-state index is 0.00192. The van der Waals surface area contributed by atoms with Gasteiger partial charge in [-0.2, -0.15) is 0 Å². The standard InChI is InChI=1S/C46H77NO18/c1-22-20-43(12,54-17)37(64-42-36(59-29(8)48)33(47(15)16)19-23(2)56-42)24(3)35(63-34-21-44(13,55-18)39(27(6)57-34)61-31(10)50)25(4)41(52)58-28(7)40(62-32(11)51)45(14)38(60-30(9)49)26(5)46(22,53)65-45/h22-28,33-40,42,53H,19-21H2,1-18H3/t22-,23-,24+,25-,26-,27+,28-,33+,34+,35+,36-,37-,38-,39+,40-,42+,43-,44-,45+,46?/m1/s1. The minimum atomic E-state index is -2.08. The number of fused-ring (bicyclic) bond motifs is 2. The van der Waals surface area contributed by atoms with Crippen LogP contribution in [0.4, 0.5) is 0 Å².